The largest absolute Gasteiger partial charge is 0.493 e. The fourth-order valence-corrected chi connectivity index (χ4v) is 5.16. The first kappa shape index (κ1) is 24.3. The lowest BCUT2D eigenvalue weighted by atomic mass is 9.96. The Morgan fingerprint density at radius 2 is 1.77 bits per heavy atom. The van der Waals surface area contributed by atoms with Crippen LogP contribution >= 0.6 is 11.3 Å². The number of nitrogens with zero attached hydrogens (tertiary/aromatic N) is 2. The van der Waals surface area contributed by atoms with E-state index in [4.69, 9.17) is 18.9 Å². The van der Waals surface area contributed by atoms with Crippen molar-refractivity contribution in [1.29, 1.82) is 0 Å². The molecule has 182 valence electrons. The fraction of sp³-hybridized carbons (Fsp3) is 0.269. The second kappa shape index (κ2) is 10.2. The van der Waals surface area contributed by atoms with Crippen LogP contribution in [-0.4, -0.2) is 38.5 Å². The van der Waals surface area contributed by atoms with Crippen LogP contribution in [0.5, 0.6) is 17.2 Å². The van der Waals surface area contributed by atoms with Crippen molar-refractivity contribution in [2.24, 2.45) is 4.99 Å². The summed E-state index contributed by atoms with van der Waals surface area (Å²) < 4.78 is 23.7. The Balaban J connectivity index is 1.96. The summed E-state index contributed by atoms with van der Waals surface area (Å²) in [6, 6.07) is 12.3. The third-order valence-corrected chi connectivity index (χ3v) is 6.64. The summed E-state index contributed by atoms with van der Waals surface area (Å²) in [4.78, 5) is 31.7. The molecule has 0 bridgehead atoms. The number of carbonyl (C=O) groups excluding carboxylic acids is 1. The van der Waals surface area contributed by atoms with E-state index >= 15 is 0 Å². The molecule has 9 heteroatoms. The number of hydrogen-bond acceptors (Lipinski definition) is 8. The minimum atomic E-state index is -0.652. The van der Waals surface area contributed by atoms with Gasteiger partial charge >= 0.3 is 5.97 Å². The second-order valence-electron chi connectivity index (χ2n) is 7.64. The van der Waals surface area contributed by atoms with E-state index < -0.39 is 12.0 Å². The molecule has 35 heavy (non-hydrogen) atoms. The van der Waals surface area contributed by atoms with Gasteiger partial charge in [-0.15, -0.1) is 0 Å². The summed E-state index contributed by atoms with van der Waals surface area (Å²) in [6.07, 6.45) is 1.73. The maximum absolute atomic E-state index is 13.7. The van der Waals surface area contributed by atoms with Gasteiger partial charge in [0.1, 0.15) is 0 Å². The Kier molecular flexibility index (Phi) is 7.07. The van der Waals surface area contributed by atoms with Crippen LogP contribution in [0.1, 0.15) is 31.0 Å². The Morgan fingerprint density at radius 1 is 1.06 bits per heavy atom. The Labute approximate surface area is 206 Å². The van der Waals surface area contributed by atoms with Gasteiger partial charge < -0.3 is 18.9 Å². The van der Waals surface area contributed by atoms with Crippen LogP contribution in [0, 0.1) is 0 Å². The van der Waals surface area contributed by atoms with E-state index in [0.29, 0.717) is 43.4 Å². The van der Waals surface area contributed by atoms with Crippen molar-refractivity contribution >= 4 is 23.4 Å². The fourth-order valence-electron chi connectivity index (χ4n) is 4.12. The number of methoxy groups -OCH3 is 3. The molecule has 1 atom stereocenters. The van der Waals surface area contributed by atoms with Crippen molar-refractivity contribution in [3.8, 4) is 17.2 Å². The zero-order chi connectivity index (χ0) is 25.1. The third kappa shape index (κ3) is 4.35. The van der Waals surface area contributed by atoms with Crippen molar-refractivity contribution in [2.75, 3.05) is 27.9 Å². The van der Waals surface area contributed by atoms with Gasteiger partial charge in [-0.1, -0.05) is 41.7 Å². The first-order valence-electron chi connectivity index (χ1n) is 11.0. The maximum atomic E-state index is 13.7. The molecule has 1 aliphatic rings. The summed E-state index contributed by atoms with van der Waals surface area (Å²) in [5.41, 5.74) is 2.04. The van der Waals surface area contributed by atoms with Crippen molar-refractivity contribution in [3.63, 3.8) is 0 Å². The number of fused-ring (bicyclic) bond motifs is 1. The summed E-state index contributed by atoms with van der Waals surface area (Å²) in [7, 11) is 4.60. The van der Waals surface area contributed by atoms with Crippen LogP contribution in [0.3, 0.4) is 0 Å². The number of allylic oxidation sites excluding steroid dienone is 1. The lowest BCUT2D eigenvalue weighted by Gasteiger charge is -2.24. The lowest BCUT2D eigenvalue weighted by molar-refractivity contribution is -0.139. The SMILES string of the molecule is CCOC(=O)C1=C(C)N=c2sc(=Cc3ccc(OC)c(OC)c3OC)c(=O)n2C1c1ccccc1. The Bertz CT molecular complexity index is 1470. The van der Waals surface area contributed by atoms with Gasteiger partial charge in [0.15, 0.2) is 16.3 Å². The highest BCUT2D eigenvalue weighted by Crippen LogP contribution is 2.40. The summed E-state index contributed by atoms with van der Waals surface area (Å²) in [5, 5.41) is 0. The molecule has 0 saturated heterocycles. The van der Waals surface area contributed by atoms with Crippen LogP contribution in [0.25, 0.3) is 6.08 Å². The Morgan fingerprint density at radius 3 is 2.40 bits per heavy atom. The second-order valence-corrected chi connectivity index (χ2v) is 8.65. The number of carbonyl (C=O) groups is 1. The number of esters is 1. The zero-order valence-electron chi connectivity index (χ0n) is 20.2. The molecule has 0 spiro atoms. The number of benzene rings is 2. The van der Waals surface area contributed by atoms with Gasteiger partial charge in [-0.25, -0.2) is 9.79 Å². The van der Waals surface area contributed by atoms with Crippen LogP contribution in [0.4, 0.5) is 0 Å². The van der Waals surface area contributed by atoms with Crippen molar-refractivity contribution in [1.82, 2.24) is 4.57 Å². The summed E-state index contributed by atoms with van der Waals surface area (Å²) >= 11 is 1.24. The molecule has 4 rings (SSSR count). The molecule has 8 nitrogen and oxygen atoms in total. The number of rotatable bonds is 7. The molecular formula is C26H26N2O6S. The van der Waals surface area contributed by atoms with E-state index in [1.165, 1.54) is 25.6 Å². The smallest absolute Gasteiger partial charge is 0.338 e. The molecule has 0 fully saturated rings. The Hall–Kier alpha value is -3.85. The highest BCUT2D eigenvalue weighted by atomic mass is 32.1. The molecule has 2 heterocycles. The molecule has 0 amide bonds. The average molecular weight is 495 g/mol. The van der Waals surface area contributed by atoms with Crippen LogP contribution in [-0.2, 0) is 9.53 Å². The van der Waals surface area contributed by atoms with E-state index in [2.05, 4.69) is 4.99 Å². The number of hydrogen-bond donors (Lipinski definition) is 0. The first-order chi connectivity index (χ1) is 16.9. The van der Waals surface area contributed by atoms with E-state index in [1.54, 1.807) is 43.7 Å². The van der Waals surface area contributed by atoms with Crippen molar-refractivity contribution < 1.29 is 23.7 Å². The van der Waals surface area contributed by atoms with Crippen molar-refractivity contribution in [2.45, 2.75) is 19.9 Å². The van der Waals surface area contributed by atoms with Gasteiger partial charge in [-0.3, -0.25) is 9.36 Å². The van der Waals surface area contributed by atoms with Gasteiger partial charge in [-0.2, -0.15) is 0 Å². The summed E-state index contributed by atoms with van der Waals surface area (Å²) in [6.45, 7) is 3.73. The first-order valence-corrected chi connectivity index (χ1v) is 11.8. The van der Waals surface area contributed by atoms with E-state index in [1.807, 2.05) is 30.3 Å². The minimum absolute atomic E-state index is 0.223. The molecule has 0 radical (unpaired) electrons. The number of thiazole rings is 1. The predicted molar refractivity (Wildman–Crippen MR) is 133 cm³/mol. The molecule has 0 aliphatic carbocycles. The highest BCUT2D eigenvalue weighted by molar-refractivity contribution is 7.07. The van der Waals surface area contributed by atoms with Gasteiger partial charge in [-0.05, 0) is 37.6 Å². The molecule has 1 aliphatic heterocycles. The number of aromatic nitrogens is 1. The standard InChI is InChI=1S/C26H26N2O6S/c1-6-34-25(30)20-15(2)27-26-28(21(20)16-10-8-7-9-11-16)24(29)19(35-26)14-17-12-13-18(31-3)23(33-5)22(17)32-4/h7-14,21H,6H2,1-5H3. The van der Waals surface area contributed by atoms with Gasteiger partial charge in [0, 0.05) is 5.56 Å². The third-order valence-electron chi connectivity index (χ3n) is 5.65. The predicted octanol–water partition coefficient (Wildman–Crippen LogP) is 2.82. The average Bonchev–Trinajstić information content (AvgIpc) is 3.17. The highest BCUT2D eigenvalue weighted by Gasteiger charge is 2.33. The van der Waals surface area contributed by atoms with Gasteiger partial charge in [0.25, 0.3) is 5.56 Å². The number of ether oxygens (including phenoxy) is 4. The van der Waals surface area contributed by atoms with E-state index in [-0.39, 0.29) is 12.2 Å². The molecule has 0 saturated carbocycles. The van der Waals surface area contributed by atoms with Gasteiger partial charge in [0.05, 0.1) is 49.8 Å². The molecular weight excluding hydrogens is 468 g/mol. The molecule has 0 N–H and O–H groups in total. The molecule has 3 aromatic rings. The van der Waals surface area contributed by atoms with Crippen molar-refractivity contribution in [3.05, 3.63) is 84.5 Å². The van der Waals surface area contributed by atoms with E-state index in [0.717, 1.165) is 5.56 Å². The molecule has 1 aromatic heterocycles. The summed E-state index contributed by atoms with van der Waals surface area (Å²) in [5.74, 6) is 0.903. The van der Waals surface area contributed by atoms with Crippen LogP contribution in [0.15, 0.2) is 63.5 Å². The zero-order valence-corrected chi connectivity index (χ0v) is 21.0. The monoisotopic (exact) mass is 494 g/mol. The van der Waals surface area contributed by atoms with Crippen LogP contribution in [0.2, 0.25) is 0 Å². The van der Waals surface area contributed by atoms with Gasteiger partial charge in [0.2, 0.25) is 5.75 Å². The molecule has 1 unspecified atom stereocenters. The topological polar surface area (TPSA) is 88.4 Å². The maximum Gasteiger partial charge on any atom is 0.338 e. The van der Waals surface area contributed by atoms with Crippen LogP contribution < -0.4 is 29.1 Å². The molecule has 2 aromatic carbocycles. The van der Waals surface area contributed by atoms with E-state index in [9.17, 15) is 9.59 Å². The quantitative estimate of drug-likeness (QED) is 0.470. The minimum Gasteiger partial charge on any atom is -0.493 e. The normalized spacial score (nSPS) is 15.3. The lowest BCUT2D eigenvalue weighted by Crippen LogP contribution is -2.39.